The van der Waals surface area contributed by atoms with Gasteiger partial charge in [0.25, 0.3) is 0 Å². The van der Waals surface area contributed by atoms with Crippen LogP contribution in [0.1, 0.15) is 11.3 Å². The first-order valence-corrected chi connectivity index (χ1v) is 10.7. The van der Waals surface area contributed by atoms with Crippen molar-refractivity contribution in [3.63, 3.8) is 0 Å². The van der Waals surface area contributed by atoms with Crippen LogP contribution in [-0.2, 0) is 9.59 Å². The summed E-state index contributed by atoms with van der Waals surface area (Å²) < 4.78 is 58.9. The van der Waals surface area contributed by atoms with Gasteiger partial charge in [0, 0.05) is 24.3 Å². The van der Waals surface area contributed by atoms with E-state index in [9.17, 15) is 27.2 Å². The van der Waals surface area contributed by atoms with Crippen LogP contribution in [0.2, 0.25) is 0 Å². The van der Waals surface area contributed by atoms with E-state index in [0.29, 0.717) is 16.9 Å². The molecular weight excluding hydrogens is 494 g/mol. The van der Waals surface area contributed by atoms with E-state index in [1.807, 2.05) is 0 Å². The standard InChI is InChI=1S/C25H19F4N5O3/c1-30-21(35)13-18(14-5-9-17(37-2)10-6-14)19-11-12-20-31-23(32-24(36)25(27,28)29)22(34(20)33-19)15-3-7-16(26)8-4-15/h3-13H,1-2H3,(H,30,35)(H,32,36)/b18-13-. The predicted octanol–water partition coefficient (Wildman–Crippen LogP) is 4.22. The summed E-state index contributed by atoms with van der Waals surface area (Å²) in [7, 11) is 2.97. The number of aromatic nitrogens is 3. The van der Waals surface area contributed by atoms with Crippen molar-refractivity contribution in [2.45, 2.75) is 6.18 Å². The number of methoxy groups -OCH3 is 1. The van der Waals surface area contributed by atoms with Crippen molar-refractivity contribution in [3.05, 3.63) is 83.8 Å². The van der Waals surface area contributed by atoms with Crippen LogP contribution in [0.3, 0.4) is 0 Å². The van der Waals surface area contributed by atoms with Gasteiger partial charge in [-0.3, -0.25) is 9.59 Å². The third-order valence-corrected chi connectivity index (χ3v) is 5.28. The molecule has 0 atom stereocenters. The smallest absolute Gasteiger partial charge is 0.471 e. The molecule has 0 saturated carbocycles. The number of amides is 2. The molecule has 190 valence electrons. The van der Waals surface area contributed by atoms with Gasteiger partial charge in [0.2, 0.25) is 5.91 Å². The fourth-order valence-electron chi connectivity index (χ4n) is 3.49. The van der Waals surface area contributed by atoms with E-state index in [1.165, 1.54) is 49.0 Å². The van der Waals surface area contributed by atoms with Crippen LogP contribution in [0, 0.1) is 5.82 Å². The second kappa shape index (κ2) is 10.1. The molecule has 0 bridgehead atoms. The molecule has 12 heteroatoms. The Morgan fingerprint density at radius 3 is 2.27 bits per heavy atom. The number of hydrogen-bond donors (Lipinski definition) is 2. The maximum absolute atomic E-state index is 13.6. The molecule has 0 aliphatic carbocycles. The topological polar surface area (TPSA) is 97.6 Å². The molecule has 0 aliphatic rings. The van der Waals surface area contributed by atoms with Gasteiger partial charge in [-0.15, -0.1) is 0 Å². The number of fused-ring (bicyclic) bond motifs is 1. The molecule has 4 rings (SSSR count). The number of rotatable bonds is 6. The summed E-state index contributed by atoms with van der Waals surface area (Å²) in [6.07, 6.45) is -3.84. The van der Waals surface area contributed by atoms with Crippen molar-refractivity contribution in [2.24, 2.45) is 0 Å². The highest BCUT2D eigenvalue weighted by Crippen LogP contribution is 2.32. The number of carbonyl (C=O) groups is 2. The van der Waals surface area contributed by atoms with E-state index < -0.39 is 29.6 Å². The van der Waals surface area contributed by atoms with Crippen molar-refractivity contribution >= 4 is 28.9 Å². The van der Waals surface area contributed by atoms with E-state index in [-0.39, 0.29) is 22.6 Å². The monoisotopic (exact) mass is 513 g/mol. The van der Waals surface area contributed by atoms with Gasteiger partial charge in [-0.25, -0.2) is 13.9 Å². The Morgan fingerprint density at radius 1 is 1.00 bits per heavy atom. The largest absolute Gasteiger partial charge is 0.497 e. The Kier molecular flexibility index (Phi) is 6.92. The molecule has 2 aromatic carbocycles. The SMILES string of the molecule is CNC(=O)/C=C(/c1ccc(OC)cc1)c1ccc2nc(NC(=O)C(F)(F)F)c(-c3ccc(F)cc3)n2n1. The molecule has 0 spiro atoms. The number of alkyl halides is 3. The highest BCUT2D eigenvalue weighted by atomic mass is 19.4. The summed E-state index contributed by atoms with van der Waals surface area (Å²) in [5.41, 5.74) is 1.61. The summed E-state index contributed by atoms with van der Waals surface area (Å²) in [5, 5.41) is 8.78. The summed E-state index contributed by atoms with van der Waals surface area (Å²) in [5.74, 6) is -3.04. The number of hydrogen-bond acceptors (Lipinski definition) is 5. The average Bonchev–Trinajstić information content (AvgIpc) is 3.24. The molecule has 0 aliphatic heterocycles. The first-order chi connectivity index (χ1) is 17.6. The number of benzene rings is 2. The van der Waals surface area contributed by atoms with E-state index >= 15 is 0 Å². The molecule has 2 amide bonds. The third kappa shape index (κ3) is 5.42. The molecule has 2 N–H and O–H groups in total. The number of likely N-dealkylation sites (N-methyl/N-ethyl adjacent to an activating group) is 1. The average molecular weight is 513 g/mol. The Morgan fingerprint density at radius 2 is 1.68 bits per heavy atom. The van der Waals surface area contributed by atoms with Gasteiger partial charge in [0.1, 0.15) is 17.3 Å². The molecule has 37 heavy (non-hydrogen) atoms. The van der Waals surface area contributed by atoms with Crippen molar-refractivity contribution < 1.29 is 31.9 Å². The van der Waals surface area contributed by atoms with Crippen LogP contribution in [0.25, 0.3) is 22.5 Å². The maximum atomic E-state index is 13.6. The molecule has 0 radical (unpaired) electrons. The first-order valence-electron chi connectivity index (χ1n) is 10.7. The number of halogens is 4. The minimum Gasteiger partial charge on any atom is -0.497 e. The van der Waals surface area contributed by atoms with Crippen LogP contribution in [0.4, 0.5) is 23.4 Å². The lowest BCUT2D eigenvalue weighted by molar-refractivity contribution is -0.167. The minimum atomic E-state index is -5.16. The molecule has 8 nitrogen and oxygen atoms in total. The lowest BCUT2D eigenvalue weighted by atomic mass is 10.0. The molecule has 2 aromatic heterocycles. The van der Waals surface area contributed by atoms with Gasteiger partial charge in [-0.1, -0.05) is 12.1 Å². The zero-order chi connectivity index (χ0) is 26.7. The molecular formula is C25H19F4N5O3. The van der Waals surface area contributed by atoms with E-state index in [4.69, 9.17) is 4.74 Å². The molecule has 0 saturated heterocycles. The zero-order valence-electron chi connectivity index (χ0n) is 19.4. The normalized spacial score (nSPS) is 11.9. The van der Waals surface area contributed by atoms with Gasteiger partial charge >= 0.3 is 12.1 Å². The van der Waals surface area contributed by atoms with Crippen molar-refractivity contribution in [3.8, 4) is 17.0 Å². The van der Waals surface area contributed by atoms with Gasteiger partial charge in [0.15, 0.2) is 11.5 Å². The number of imidazole rings is 1. The molecule has 4 aromatic rings. The van der Waals surface area contributed by atoms with Crippen LogP contribution >= 0.6 is 0 Å². The van der Waals surface area contributed by atoms with Crippen LogP contribution in [-0.4, -0.2) is 46.7 Å². The summed E-state index contributed by atoms with van der Waals surface area (Å²) >= 11 is 0. The Labute approximate surface area is 207 Å². The van der Waals surface area contributed by atoms with Crippen LogP contribution < -0.4 is 15.4 Å². The second-order valence-corrected chi connectivity index (χ2v) is 7.66. The summed E-state index contributed by atoms with van der Waals surface area (Å²) in [6.45, 7) is 0. The zero-order valence-corrected chi connectivity index (χ0v) is 19.4. The molecule has 2 heterocycles. The lowest BCUT2D eigenvalue weighted by Gasteiger charge is -2.11. The number of ether oxygens (including phenoxy) is 1. The lowest BCUT2D eigenvalue weighted by Crippen LogP contribution is -2.30. The predicted molar refractivity (Wildman–Crippen MR) is 127 cm³/mol. The number of carbonyl (C=O) groups excluding carboxylic acids is 2. The van der Waals surface area contributed by atoms with Gasteiger partial charge < -0.3 is 15.4 Å². The fraction of sp³-hybridized carbons (Fsp3) is 0.120. The number of nitrogens with one attached hydrogen (secondary N) is 2. The van der Waals surface area contributed by atoms with Gasteiger partial charge in [-0.05, 0) is 54.1 Å². The highest BCUT2D eigenvalue weighted by molar-refractivity contribution is 5.99. The Bertz CT molecular complexity index is 1490. The van der Waals surface area contributed by atoms with Gasteiger partial charge in [-0.2, -0.15) is 18.3 Å². The van der Waals surface area contributed by atoms with Gasteiger partial charge in [0.05, 0.1) is 12.8 Å². The number of anilines is 1. The van der Waals surface area contributed by atoms with E-state index in [1.54, 1.807) is 29.6 Å². The number of nitrogens with zero attached hydrogens (tertiary/aromatic N) is 3. The van der Waals surface area contributed by atoms with Crippen molar-refractivity contribution in [1.82, 2.24) is 19.9 Å². The van der Waals surface area contributed by atoms with E-state index in [0.717, 1.165) is 12.1 Å². The van der Waals surface area contributed by atoms with Crippen LogP contribution in [0.15, 0.2) is 66.7 Å². The highest BCUT2D eigenvalue weighted by Gasteiger charge is 2.39. The summed E-state index contributed by atoms with van der Waals surface area (Å²) in [6, 6.07) is 14.7. The third-order valence-electron chi connectivity index (χ3n) is 5.28. The maximum Gasteiger partial charge on any atom is 0.471 e. The fourth-order valence-corrected chi connectivity index (χ4v) is 3.49. The molecule has 0 unspecified atom stereocenters. The first kappa shape index (κ1) is 25.4. The van der Waals surface area contributed by atoms with Crippen molar-refractivity contribution in [2.75, 3.05) is 19.5 Å². The Hall–Kier alpha value is -4.74. The van der Waals surface area contributed by atoms with Crippen molar-refractivity contribution in [1.29, 1.82) is 0 Å². The second-order valence-electron chi connectivity index (χ2n) is 7.66. The Balaban J connectivity index is 1.92. The van der Waals surface area contributed by atoms with Crippen LogP contribution in [0.5, 0.6) is 5.75 Å². The quantitative estimate of drug-likeness (QED) is 0.297. The molecule has 0 fully saturated rings. The summed E-state index contributed by atoms with van der Waals surface area (Å²) in [4.78, 5) is 28.0. The van der Waals surface area contributed by atoms with E-state index in [2.05, 4.69) is 15.4 Å². The minimum absolute atomic E-state index is 0.0107.